The molecule has 0 bridgehead atoms. The number of nitrogens with two attached hydrogens (primary N) is 1. The molecule has 1 fully saturated rings. The fraction of sp³-hybridized carbons (Fsp3) is 0.667. The molecule has 1 aromatic heterocycles. The Labute approximate surface area is 92.7 Å². The van der Waals surface area contributed by atoms with Gasteiger partial charge in [-0.05, 0) is 0 Å². The first-order valence-corrected chi connectivity index (χ1v) is 6.85. The van der Waals surface area contributed by atoms with E-state index in [0.717, 1.165) is 11.6 Å². The van der Waals surface area contributed by atoms with Gasteiger partial charge in [-0.25, -0.2) is 4.98 Å². The van der Waals surface area contributed by atoms with E-state index in [1.54, 1.807) is 11.3 Å². The summed E-state index contributed by atoms with van der Waals surface area (Å²) >= 11 is 3.71. The van der Waals surface area contributed by atoms with Crippen molar-refractivity contribution in [3.05, 3.63) is 16.1 Å². The van der Waals surface area contributed by atoms with Crippen LogP contribution in [0.1, 0.15) is 10.7 Å². The molecule has 0 saturated carbocycles. The van der Waals surface area contributed by atoms with Gasteiger partial charge in [0.1, 0.15) is 5.01 Å². The molecule has 0 aromatic carbocycles. The van der Waals surface area contributed by atoms with Crippen molar-refractivity contribution >= 4 is 23.1 Å². The number of aromatic nitrogens is 1. The van der Waals surface area contributed by atoms with E-state index in [9.17, 15) is 0 Å². The first kappa shape index (κ1) is 10.4. The molecule has 0 unspecified atom stereocenters. The van der Waals surface area contributed by atoms with E-state index < -0.39 is 0 Å². The lowest BCUT2D eigenvalue weighted by molar-refractivity contribution is 0.291. The van der Waals surface area contributed by atoms with E-state index in [1.807, 2.05) is 11.8 Å². The van der Waals surface area contributed by atoms with Crippen molar-refractivity contribution < 1.29 is 0 Å². The Morgan fingerprint density at radius 1 is 1.43 bits per heavy atom. The minimum atomic E-state index is 0.570. The number of hydrogen-bond acceptors (Lipinski definition) is 5. The van der Waals surface area contributed by atoms with E-state index in [4.69, 9.17) is 5.73 Å². The zero-order chi connectivity index (χ0) is 9.80. The lowest BCUT2D eigenvalue weighted by atomic mass is 10.4. The molecule has 1 saturated heterocycles. The zero-order valence-electron chi connectivity index (χ0n) is 8.11. The van der Waals surface area contributed by atoms with Crippen molar-refractivity contribution in [1.82, 2.24) is 9.88 Å². The standard InChI is InChI=1S/C9H15N3S2/c10-5-9-11-8(7-14-9)6-12-1-3-13-4-2-12/h7H,1-6,10H2. The van der Waals surface area contributed by atoms with Crippen molar-refractivity contribution in [2.45, 2.75) is 13.1 Å². The number of thiazole rings is 1. The summed E-state index contributed by atoms with van der Waals surface area (Å²) in [5, 5.41) is 3.18. The Morgan fingerprint density at radius 3 is 2.86 bits per heavy atom. The molecule has 78 valence electrons. The molecule has 1 aromatic rings. The molecule has 14 heavy (non-hydrogen) atoms. The van der Waals surface area contributed by atoms with Crippen LogP contribution in [0.25, 0.3) is 0 Å². The number of rotatable bonds is 3. The second-order valence-electron chi connectivity index (χ2n) is 3.33. The van der Waals surface area contributed by atoms with Crippen LogP contribution in [-0.2, 0) is 13.1 Å². The number of hydrogen-bond donors (Lipinski definition) is 1. The van der Waals surface area contributed by atoms with Gasteiger partial charge in [-0.15, -0.1) is 11.3 Å². The lowest BCUT2D eigenvalue weighted by Gasteiger charge is -2.25. The first-order chi connectivity index (χ1) is 6.88. The van der Waals surface area contributed by atoms with Crippen LogP contribution < -0.4 is 5.73 Å². The van der Waals surface area contributed by atoms with E-state index in [1.165, 1.54) is 30.3 Å². The second-order valence-corrected chi connectivity index (χ2v) is 5.49. The van der Waals surface area contributed by atoms with Crippen molar-refractivity contribution in [2.24, 2.45) is 5.73 Å². The van der Waals surface area contributed by atoms with Crippen LogP contribution >= 0.6 is 23.1 Å². The summed E-state index contributed by atoms with van der Waals surface area (Å²) < 4.78 is 0. The van der Waals surface area contributed by atoms with Crippen molar-refractivity contribution in [1.29, 1.82) is 0 Å². The maximum atomic E-state index is 5.53. The largest absolute Gasteiger partial charge is 0.325 e. The fourth-order valence-electron chi connectivity index (χ4n) is 1.50. The molecule has 5 heteroatoms. The molecular formula is C9H15N3S2. The van der Waals surface area contributed by atoms with Gasteiger partial charge in [0.15, 0.2) is 0 Å². The van der Waals surface area contributed by atoms with Crippen LogP contribution in [0, 0.1) is 0 Å². The highest BCUT2D eigenvalue weighted by Gasteiger charge is 2.11. The van der Waals surface area contributed by atoms with Crippen LogP contribution in [0.15, 0.2) is 5.38 Å². The second kappa shape index (κ2) is 5.11. The number of nitrogens with zero attached hydrogens (tertiary/aromatic N) is 2. The third-order valence-electron chi connectivity index (χ3n) is 2.26. The maximum Gasteiger partial charge on any atom is 0.106 e. The average molecular weight is 229 g/mol. The van der Waals surface area contributed by atoms with Crippen LogP contribution in [0.4, 0.5) is 0 Å². The van der Waals surface area contributed by atoms with Crippen LogP contribution in [-0.4, -0.2) is 34.5 Å². The highest BCUT2D eigenvalue weighted by molar-refractivity contribution is 7.99. The molecule has 0 amide bonds. The Kier molecular flexibility index (Phi) is 3.81. The summed E-state index contributed by atoms with van der Waals surface area (Å²) in [6.45, 7) is 3.96. The Bertz CT molecular complexity index is 281. The van der Waals surface area contributed by atoms with Crippen molar-refractivity contribution in [2.75, 3.05) is 24.6 Å². The van der Waals surface area contributed by atoms with Crippen molar-refractivity contribution in [3.8, 4) is 0 Å². The highest BCUT2D eigenvalue weighted by Crippen LogP contribution is 2.14. The minimum Gasteiger partial charge on any atom is -0.325 e. The number of thioether (sulfide) groups is 1. The SMILES string of the molecule is NCc1nc(CN2CCSCC2)cs1. The molecule has 3 nitrogen and oxygen atoms in total. The first-order valence-electron chi connectivity index (χ1n) is 4.82. The average Bonchev–Trinajstić information content (AvgIpc) is 2.67. The van der Waals surface area contributed by atoms with Gasteiger partial charge in [-0.2, -0.15) is 11.8 Å². The van der Waals surface area contributed by atoms with Gasteiger partial charge in [-0.1, -0.05) is 0 Å². The normalized spacial score (nSPS) is 18.6. The molecule has 2 N–H and O–H groups in total. The van der Waals surface area contributed by atoms with Gasteiger partial charge < -0.3 is 5.73 Å². The molecule has 0 radical (unpaired) electrons. The summed E-state index contributed by atoms with van der Waals surface area (Å²) in [4.78, 5) is 6.93. The quantitative estimate of drug-likeness (QED) is 0.844. The highest BCUT2D eigenvalue weighted by atomic mass is 32.2. The minimum absolute atomic E-state index is 0.570. The monoisotopic (exact) mass is 229 g/mol. The summed E-state index contributed by atoms with van der Waals surface area (Å²) in [7, 11) is 0. The molecule has 0 aliphatic carbocycles. The topological polar surface area (TPSA) is 42.1 Å². The summed E-state index contributed by atoms with van der Waals surface area (Å²) in [6.07, 6.45) is 0. The van der Waals surface area contributed by atoms with Gasteiger partial charge in [-0.3, -0.25) is 4.90 Å². The van der Waals surface area contributed by atoms with Gasteiger partial charge in [0.2, 0.25) is 0 Å². The van der Waals surface area contributed by atoms with Crippen molar-refractivity contribution in [3.63, 3.8) is 0 Å². The fourth-order valence-corrected chi connectivity index (χ4v) is 3.15. The Morgan fingerprint density at radius 2 is 2.21 bits per heavy atom. The van der Waals surface area contributed by atoms with Crippen LogP contribution in [0.3, 0.4) is 0 Å². The predicted octanol–water partition coefficient (Wildman–Crippen LogP) is 1.15. The van der Waals surface area contributed by atoms with Gasteiger partial charge in [0.25, 0.3) is 0 Å². The maximum absolute atomic E-state index is 5.53. The van der Waals surface area contributed by atoms with Crippen LogP contribution in [0.2, 0.25) is 0 Å². The predicted molar refractivity (Wildman–Crippen MR) is 62.6 cm³/mol. The van der Waals surface area contributed by atoms with Gasteiger partial charge in [0.05, 0.1) is 5.69 Å². The molecule has 0 spiro atoms. The molecule has 0 atom stereocenters. The molecule has 1 aliphatic heterocycles. The molecule has 2 heterocycles. The van der Waals surface area contributed by atoms with E-state index in [0.29, 0.717) is 6.54 Å². The van der Waals surface area contributed by atoms with Gasteiger partial charge in [0, 0.05) is 43.1 Å². The van der Waals surface area contributed by atoms with E-state index in [-0.39, 0.29) is 0 Å². The van der Waals surface area contributed by atoms with Crippen LogP contribution in [0.5, 0.6) is 0 Å². The van der Waals surface area contributed by atoms with E-state index >= 15 is 0 Å². The van der Waals surface area contributed by atoms with E-state index in [2.05, 4.69) is 15.3 Å². The van der Waals surface area contributed by atoms with Gasteiger partial charge >= 0.3 is 0 Å². The third kappa shape index (κ3) is 2.70. The summed E-state index contributed by atoms with van der Waals surface area (Å²) in [5.74, 6) is 2.52. The molecule has 1 aliphatic rings. The Hall–Kier alpha value is -0.100. The molecular weight excluding hydrogens is 214 g/mol. The summed E-state index contributed by atoms with van der Waals surface area (Å²) in [5.41, 5.74) is 6.71. The third-order valence-corrected chi connectivity index (χ3v) is 4.13. The smallest absolute Gasteiger partial charge is 0.106 e. The molecule has 2 rings (SSSR count). The summed E-state index contributed by atoms with van der Waals surface area (Å²) in [6, 6.07) is 0. The lowest BCUT2D eigenvalue weighted by Crippen LogP contribution is -2.32. The zero-order valence-corrected chi connectivity index (χ0v) is 9.74. The Balaban J connectivity index is 1.89.